The third-order valence-electron chi connectivity index (χ3n) is 4.30. The summed E-state index contributed by atoms with van der Waals surface area (Å²) in [5.41, 5.74) is 2.66. The second-order valence-corrected chi connectivity index (χ2v) is 8.39. The smallest absolute Gasteiger partial charge is 0.247 e. The highest BCUT2D eigenvalue weighted by atomic mass is 32.2. The minimum atomic E-state index is -3.52. The zero-order valence-corrected chi connectivity index (χ0v) is 17.0. The van der Waals surface area contributed by atoms with Gasteiger partial charge in [-0.2, -0.15) is 0 Å². The molecule has 0 aliphatic rings. The van der Waals surface area contributed by atoms with E-state index in [1.54, 1.807) is 12.1 Å². The lowest BCUT2D eigenvalue weighted by Gasteiger charge is -2.07. The van der Waals surface area contributed by atoms with Crippen LogP contribution in [-0.2, 0) is 27.8 Å². The van der Waals surface area contributed by atoms with Crippen LogP contribution in [0.15, 0.2) is 57.8 Å². The normalized spacial score (nSPS) is 11.4. The van der Waals surface area contributed by atoms with Gasteiger partial charge in [0, 0.05) is 24.9 Å². The first-order valence-electron chi connectivity index (χ1n) is 9.06. The standard InChI is InChI=1S/C20H22N4O4S/c1-14-6-8-16(9-7-14)20-24-23-19(28-20)11-10-18(25)22-13-15-4-3-5-17(12-15)29(26,27)21-2/h3-9,12,21H,10-11,13H2,1-2H3,(H,22,25). The molecule has 8 nitrogen and oxygen atoms in total. The Morgan fingerprint density at radius 3 is 2.59 bits per heavy atom. The van der Waals surface area contributed by atoms with Crippen molar-refractivity contribution in [1.29, 1.82) is 0 Å². The summed E-state index contributed by atoms with van der Waals surface area (Å²) < 4.78 is 31.6. The van der Waals surface area contributed by atoms with Crippen molar-refractivity contribution in [3.63, 3.8) is 0 Å². The van der Waals surface area contributed by atoms with Crippen molar-refractivity contribution in [3.8, 4) is 11.5 Å². The number of nitrogens with one attached hydrogen (secondary N) is 2. The molecule has 0 saturated carbocycles. The van der Waals surface area contributed by atoms with E-state index in [1.165, 1.54) is 19.2 Å². The van der Waals surface area contributed by atoms with Gasteiger partial charge >= 0.3 is 0 Å². The van der Waals surface area contributed by atoms with E-state index in [9.17, 15) is 13.2 Å². The number of aromatic nitrogens is 2. The molecule has 0 bridgehead atoms. The van der Waals surface area contributed by atoms with Crippen LogP contribution in [0.25, 0.3) is 11.5 Å². The fourth-order valence-electron chi connectivity index (χ4n) is 2.62. The Hall–Kier alpha value is -3.04. The fourth-order valence-corrected chi connectivity index (χ4v) is 3.42. The van der Waals surface area contributed by atoms with Gasteiger partial charge in [0.2, 0.25) is 27.7 Å². The Morgan fingerprint density at radius 2 is 1.86 bits per heavy atom. The zero-order chi connectivity index (χ0) is 20.9. The van der Waals surface area contributed by atoms with Gasteiger partial charge in [0.05, 0.1) is 4.90 Å². The number of sulfonamides is 1. The Kier molecular flexibility index (Phi) is 6.40. The number of carbonyl (C=O) groups excluding carboxylic acids is 1. The van der Waals surface area contributed by atoms with Crippen molar-refractivity contribution in [2.75, 3.05) is 7.05 Å². The number of hydrogen-bond donors (Lipinski definition) is 2. The summed E-state index contributed by atoms with van der Waals surface area (Å²) in [5, 5.41) is 10.8. The third-order valence-corrected chi connectivity index (χ3v) is 5.71. The van der Waals surface area contributed by atoms with E-state index >= 15 is 0 Å². The van der Waals surface area contributed by atoms with Crippen LogP contribution < -0.4 is 10.0 Å². The number of amides is 1. The molecule has 2 N–H and O–H groups in total. The van der Waals surface area contributed by atoms with Crippen molar-refractivity contribution in [2.24, 2.45) is 0 Å². The van der Waals surface area contributed by atoms with Crippen molar-refractivity contribution < 1.29 is 17.6 Å². The molecule has 3 rings (SSSR count). The van der Waals surface area contributed by atoms with Gasteiger partial charge in [-0.15, -0.1) is 10.2 Å². The van der Waals surface area contributed by atoms with Gasteiger partial charge in [0.1, 0.15) is 0 Å². The molecule has 3 aromatic rings. The Labute approximate surface area is 169 Å². The molecule has 152 valence electrons. The summed E-state index contributed by atoms with van der Waals surface area (Å²) >= 11 is 0. The molecule has 2 aromatic carbocycles. The van der Waals surface area contributed by atoms with E-state index in [2.05, 4.69) is 20.2 Å². The van der Waals surface area contributed by atoms with Crippen LogP contribution >= 0.6 is 0 Å². The molecule has 0 saturated heterocycles. The first-order chi connectivity index (χ1) is 13.9. The average molecular weight is 414 g/mol. The lowest BCUT2D eigenvalue weighted by atomic mass is 10.1. The Morgan fingerprint density at radius 1 is 1.10 bits per heavy atom. The van der Waals surface area contributed by atoms with Gasteiger partial charge in [-0.3, -0.25) is 4.79 Å². The van der Waals surface area contributed by atoms with Gasteiger partial charge in [-0.05, 0) is 43.8 Å². The number of benzene rings is 2. The van der Waals surface area contributed by atoms with E-state index in [0.29, 0.717) is 23.8 Å². The number of aryl methyl sites for hydroxylation is 2. The second-order valence-electron chi connectivity index (χ2n) is 6.50. The van der Waals surface area contributed by atoms with Crippen LogP contribution in [-0.4, -0.2) is 31.6 Å². The third kappa shape index (κ3) is 5.49. The molecule has 0 aliphatic carbocycles. The highest BCUT2D eigenvalue weighted by molar-refractivity contribution is 7.89. The molecular formula is C20H22N4O4S. The van der Waals surface area contributed by atoms with Crippen LogP contribution in [0.4, 0.5) is 0 Å². The maximum absolute atomic E-state index is 12.1. The van der Waals surface area contributed by atoms with Crippen molar-refractivity contribution in [1.82, 2.24) is 20.2 Å². The predicted octanol–water partition coefficient (Wildman–Crippen LogP) is 2.20. The van der Waals surface area contributed by atoms with Crippen LogP contribution in [0.3, 0.4) is 0 Å². The van der Waals surface area contributed by atoms with Gasteiger partial charge in [0.25, 0.3) is 0 Å². The van der Waals surface area contributed by atoms with Crippen molar-refractivity contribution in [3.05, 3.63) is 65.5 Å². The molecular weight excluding hydrogens is 392 g/mol. The lowest BCUT2D eigenvalue weighted by Crippen LogP contribution is -2.23. The molecule has 29 heavy (non-hydrogen) atoms. The fraction of sp³-hybridized carbons (Fsp3) is 0.250. The van der Waals surface area contributed by atoms with Gasteiger partial charge in [0.15, 0.2) is 0 Å². The number of rotatable bonds is 8. The second kappa shape index (κ2) is 8.97. The first-order valence-corrected chi connectivity index (χ1v) is 10.5. The van der Waals surface area contributed by atoms with Gasteiger partial charge in [-0.1, -0.05) is 29.8 Å². The highest BCUT2D eigenvalue weighted by Gasteiger charge is 2.13. The SMILES string of the molecule is CNS(=O)(=O)c1cccc(CNC(=O)CCc2nnc(-c3ccc(C)cc3)o2)c1. The lowest BCUT2D eigenvalue weighted by molar-refractivity contribution is -0.121. The van der Waals surface area contributed by atoms with Gasteiger partial charge < -0.3 is 9.73 Å². The summed E-state index contributed by atoms with van der Waals surface area (Å²) in [7, 11) is -2.17. The molecule has 1 aromatic heterocycles. The molecule has 0 unspecified atom stereocenters. The average Bonchev–Trinajstić information content (AvgIpc) is 3.20. The maximum Gasteiger partial charge on any atom is 0.247 e. The quantitative estimate of drug-likeness (QED) is 0.584. The van der Waals surface area contributed by atoms with Crippen LogP contribution in [0.2, 0.25) is 0 Å². The summed E-state index contributed by atoms with van der Waals surface area (Å²) in [5.74, 6) is 0.614. The first kappa shape index (κ1) is 20.7. The topological polar surface area (TPSA) is 114 Å². The van der Waals surface area contributed by atoms with E-state index in [-0.39, 0.29) is 23.8 Å². The number of hydrogen-bond acceptors (Lipinski definition) is 6. The summed E-state index contributed by atoms with van der Waals surface area (Å²) in [6, 6.07) is 14.1. The monoisotopic (exact) mass is 414 g/mol. The molecule has 1 amide bonds. The summed E-state index contributed by atoms with van der Waals surface area (Å²) in [6.07, 6.45) is 0.503. The van der Waals surface area contributed by atoms with E-state index in [0.717, 1.165) is 11.1 Å². The molecule has 9 heteroatoms. The highest BCUT2D eigenvalue weighted by Crippen LogP contribution is 2.18. The largest absolute Gasteiger partial charge is 0.421 e. The van der Waals surface area contributed by atoms with Crippen molar-refractivity contribution >= 4 is 15.9 Å². The van der Waals surface area contributed by atoms with E-state index < -0.39 is 10.0 Å². The number of nitrogens with zero attached hydrogens (tertiary/aromatic N) is 2. The minimum absolute atomic E-state index is 0.154. The predicted molar refractivity (Wildman–Crippen MR) is 107 cm³/mol. The van der Waals surface area contributed by atoms with Crippen LogP contribution in [0, 0.1) is 6.92 Å². The Balaban J connectivity index is 1.52. The molecule has 0 spiro atoms. The molecule has 0 atom stereocenters. The molecule has 0 fully saturated rings. The van der Waals surface area contributed by atoms with E-state index in [1.807, 2.05) is 31.2 Å². The number of carbonyl (C=O) groups is 1. The maximum atomic E-state index is 12.1. The summed E-state index contributed by atoms with van der Waals surface area (Å²) in [4.78, 5) is 12.3. The Bertz CT molecular complexity index is 1090. The van der Waals surface area contributed by atoms with E-state index in [4.69, 9.17) is 4.42 Å². The van der Waals surface area contributed by atoms with Crippen molar-refractivity contribution in [2.45, 2.75) is 31.2 Å². The van der Waals surface area contributed by atoms with Crippen LogP contribution in [0.1, 0.15) is 23.4 Å². The molecule has 0 aliphatic heterocycles. The molecule has 1 heterocycles. The van der Waals surface area contributed by atoms with Crippen LogP contribution in [0.5, 0.6) is 0 Å². The molecule has 0 radical (unpaired) electrons. The van der Waals surface area contributed by atoms with Gasteiger partial charge in [-0.25, -0.2) is 13.1 Å². The zero-order valence-electron chi connectivity index (χ0n) is 16.2. The minimum Gasteiger partial charge on any atom is -0.421 e. The summed E-state index contributed by atoms with van der Waals surface area (Å²) in [6.45, 7) is 2.22.